The minimum atomic E-state index is -0.227. The van der Waals surface area contributed by atoms with E-state index in [1.807, 2.05) is 12.1 Å². The van der Waals surface area contributed by atoms with Gasteiger partial charge in [0.15, 0.2) is 0 Å². The standard InChI is InChI=1S/C12H9Br3FNS/c13-7-2-1-6(9(16)4-7)3-10(17)11-5-8(14)12(15)18-11/h1-2,4-5,10H,3,17H2. The molecule has 1 aromatic heterocycles. The van der Waals surface area contributed by atoms with Gasteiger partial charge < -0.3 is 5.73 Å². The van der Waals surface area contributed by atoms with E-state index < -0.39 is 0 Å². The molecule has 0 fully saturated rings. The van der Waals surface area contributed by atoms with Gasteiger partial charge in [0.25, 0.3) is 0 Å². The second-order valence-electron chi connectivity index (χ2n) is 3.82. The van der Waals surface area contributed by atoms with Crippen LogP contribution in [0.5, 0.6) is 0 Å². The van der Waals surface area contributed by atoms with Gasteiger partial charge in [-0.25, -0.2) is 4.39 Å². The number of hydrogen-bond donors (Lipinski definition) is 1. The van der Waals surface area contributed by atoms with Gasteiger partial charge in [-0.05, 0) is 62.0 Å². The van der Waals surface area contributed by atoms with Crippen LogP contribution in [0.2, 0.25) is 0 Å². The molecule has 1 nitrogen and oxygen atoms in total. The maximum atomic E-state index is 13.7. The highest BCUT2D eigenvalue weighted by atomic mass is 79.9. The SMILES string of the molecule is NC(Cc1ccc(Br)cc1F)c1cc(Br)c(Br)s1. The molecule has 18 heavy (non-hydrogen) atoms. The van der Waals surface area contributed by atoms with Crippen LogP contribution in [0.4, 0.5) is 4.39 Å². The minimum absolute atomic E-state index is 0.201. The van der Waals surface area contributed by atoms with Crippen LogP contribution in [0, 0.1) is 5.82 Å². The van der Waals surface area contributed by atoms with E-state index in [0.29, 0.717) is 12.0 Å². The van der Waals surface area contributed by atoms with E-state index in [1.165, 1.54) is 6.07 Å². The minimum Gasteiger partial charge on any atom is -0.323 e. The van der Waals surface area contributed by atoms with Crippen molar-refractivity contribution in [3.05, 3.63) is 53.3 Å². The summed E-state index contributed by atoms with van der Waals surface area (Å²) >= 11 is 11.7. The summed E-state index contributed by atoms with van der Waals surface area (Å²) in [5.41, 5.74) is 6.74. The first-order valence-electron chi connectivity index (χ1n) is 5.11. The summed E-state index contributed by atoms with van der Waals surface area (Å²) in [4.78, 5) is 1.02. The maximum absolute atomic E-state index is 13.7. The van der Waals surface area contributed by atoms with Crippen LogP contribution in [0.15, 0.2) is 37.0 Å². The highest BCUT2D eigenvalue weighted by molar-refractivity contribution is 9.13. The van der Waals surface area contributed by atoms with Gasteiger partial charge in [0, 0.05) is 19.9 Å². The second-order valence-corrected chi connectivity index (χ2v) is 7.99. The Morgan fingerprint density at radius 3 is 2.50 bits per heavy atom. The van der Waals surface area contributed by atoms with Crippen LogP contribution in [0.1, 0.15) is 16.5 Å². The Bertz CT molecular complexity index is 551. The van der Waals surface area contributed by atoms with E-state index in [1.54, 1.807) is 17.4 Å². The predicted molar refractivity (Wildman–Crippen MR) is 84.5 cm³/mol. The van der Waals surface area contributed by atoms with Crippen LogP contribution in [0.25, 0.3) is 0 Å². The molecule has 2 aromatic rings. The Morgan fingerprint density at radius 2 is 1.94 bits per heavy atom. The van der Waals surface area contributed by atoms with Crippen LogP contribution >= 0.6 is 59.1 Å². The molecule has 6 heteroatoms. The number of hydrogen-bond acceptors (Lipinski definition) is 2. The lowest BCUT2D eigenvalue weighted by atomic mass is 10.1. The van der Waals surface area contributed by atoms with E-state index in [9.17, 15) is 4.39 Å². The van der Waals surface area contributed by atoms with Gasteiger partial charge in [-0.1, -0.05) is 22.0 Å². The average molecular weight is 458 g/mol. The summed E-state index contributed by atoms with van der Waals surface area (Å²) in [7, 11) is 0. The Balaban J connectivity index is 2.18. The van der Waals surface area contributed by atoms with Crippen molar-refractivity contribution in [2.45, 2.75) is 12.5 Å². The highest BCUT2D eigenvalue weighted by Crippen LogP contribution is 2.35. The fraction of sp³-hybridized carbons (Fsp3) is 0.167. The van der Waals surface area contributed by atoms with E-state index in [0.717, 1.165) is 17.6 Å². The molecule has 0 radical (unpaired) electrons. The molecule has 2 N–H and O–H groups in total. The quantitative estimate of drug-likeness (QED) is 0.654. The van der Waals surface area contributed by atoms with E-state index >= 15 is 0 Å². The normalized spacial score (nSPS) is 12.7. The molecule has 0 spiro atoms. The van der Waals surface area contributed by atoms with Crippen LogP contribution in [-0.4, -0.2) is 0 Å². The first kappa shape index (κ1) is 14.7. The maximum Gasteiger partial charge on any atom is 0.127 e. The molecule has 0 aliphatic heterocycles. The van der Waals surface area contributed by atoms with Gasteiger partial charge in [-0.3, -0.25) is 0 Å². The number of halogens is 4. The zero-order valence-corrected chi connectivity index (χ0v) is 14.7. The molecule has 0 aliphatic rings. The molecule has 0 aliphatic carbocycles. The topological polar surface area (TPSA) is 26.0 Å². The average Bonchev–Trinajstić information content (AvgIpc) is 2.63. The molecule has 0 amide bonds. The zero-order valence-electron chi connectivity index (χ0n) is 9.09. The van der Waals surface area contributed by atoms with Gasteiger partial charge in [0.05, 0.1) is 3.79 Å². The van der Waals surface area contributed by atoms with Crippen molar-refractivity contribution in [3.8, 4) is 0 Å². The third-order valence-corrected chi connectivity index (χ3v) is 6.37. The molecule has 1 atom stereocenters. The van der Waals surface area contributed by atoms with E-state index in [-0.39, 0.29) is 11.9 Å². The Labute approximate surface area is 134 Å². The molecule has 0 saturated carbocycles. The summed E-state index contributed by atoms with van der Waals surface area (Å²) in [5, 5.41) is 0. The summed E-state index contributed by atoms with van der Waals surface area (Å²) in [5.74, 6) is -0.227. The van der Waals surface area contributed by atoms with Gasteiger partial charge >= 0.3 is 0 Å². The Hall–Kier alpha value is 0.250. The lowest BCUT2D eigenvalue weighted by Crippen LogP contribution is -2.12. The van der Waals surface area contributed by atoms with Crippen LogP contribution in [0.3, 0.4) is 0 Å². The number of thiophene rings is 1. The highest BCUT2D eigenvalue weighted by Gasteiger charge is 2.14. The fourth-order valence-corrected chi connectivity index (χ4v) is 3.99. The van der Waals surface area contributed by atoms with E-state index in [4.69, 9.17) is 5.73 Å². The van der Waals surface area contributed by atoms with Crippen LogP contribution in [-0.2, 0) is 6.42 Å². The zero-order chi connectivity index (χ0) is 13.3. The van der Waals surface area contributed by atoms with Crippen molar-refractivity contribution < 1.29 is 4.39 Å². The van der Waals surface area contributed by atoms with Gasteiger partial charge in [0.2, 0.25) is 0 Å². The summed E-state index contributed by atoms with van der Waals surface area (Å²) < 4.78 is 16.4. The molecule has 1 unspecified atom stereocenters. The van der Waals surface area contributed by atoms with Crippen LogP contribution < -0.4 is 5.73 Å². The molecule has 1 aromatic carbocycles. The van der Waals surface area contributed by atoms with Crippen molar-refractivity contribution in [3.63, 3.8) is 0 Å². The third-order valence-electron chi connectivity index (χ3n) is 2.48. The fourth-order valence-electron chi connectivity index (χ4n) is 1.57. The number of benzene rings is 1. The molecular weight excluding hydrogens is 449 g/mol. The molecule has 1 heterocycles. The van der Waals surface area contributed by atoms with Gasteiger partial charge in [0.1, 0.15) is 5.82 Å². The van der Waals surface area contributed by atoms with Crippen molar-refractivity contribution >= 4 is 59.1 Å². The predicted octanol–water partition coefficient (Wildman–Crippen LogP) is 5.42. The number of nitrogens with two attached hydrogens (primary N) is 1. The van der Waals surface area contributed by atoms with Crippen molar-refractivity contribution in [1.82, 2.24) is 0 Å². The lowest BCUT2D eigenvalue weighted by molar-refractivity contribution is 0.594. The van der Waals surface area contributed by atoms with Gasteiger partial charge in [-0.2, -0.15) is 0 Å². The summed E-state index contributed by atoms with van der Waals surface area (Å²) in [6.45, 7) is 0. The molecule has 2 rings (SSSR count). The first-order chi connectivity index (χ1) is 8.47. The molecule has 0 bridgehead atoms. The first-order valence-corrected chi connectivity index (χ1v) is 8.31. The van der Waals surface area contributed by atoms with Crippen molar-refractivity contribution in [2.24, 2.45) is 5.73 Å². The van der Waals surface area contributed by atoms with E-state index in [2.05, 4.69) is 47.8 Å². The third kappa shape index (κ3) is 3.42. The molecule has 0 saturated heterocycles. The second kappa shape index (κ2) is 6.13. The smallest absolute Gasteiger partial charge is 0.127 e. The van der Waals surface area contributed by atoms with Crippen molar-refractivity contribution in [1.29, 1.82) is 0 Å². The van der Waals surface area contributed by atoms with Gasteiger partial charge in [-0.15, -0.1) is 11.3 Å². The largest absolute Gasteiger partial charge is 0.323 e. The molecule has 96 valence electrons. The van der Waals surface area contributed by atoms with Crippen molar-refractivity contribution in [2.75, 3.05) is 0 Å². The monoisotopic (exact) mass is 455 g/mol. The summed E-state index contributed by atoms with van der Waals surface area (Å²) in [6, 6.07) is 6.81. The lowest BCUT2D eigenvalue weighted by Gasteiger charge is -2.10. The number of rotatable bonds is 3. The summed E-state index contributed by atoms with van der Waals surface area (Å²) in [6.07, 6.45) is 0.485. The molecular formula is C12H9Br3FNS. The Kier molecular flexibility index (Phi) is 4.99. The Morgan fingerprint density at radius 1 is 1.22 bits per heavy atom.